The third-order valence-electron chi connectivity index (χ3n) is 4.82. The first-order chi connectivity index (χ1) is 13.1. The van der Waals surface area contributed by atoms with Gasteiger partial charge in [-0.1, -0.05) is 42.5 Å². The predicted molar refractivity (Wildman–Crippen MR) is 107 cm³/mol. The summed E-state index contributed by atoms with van der Waals surface area (Å²) in [5, 5.41) is 2.74. The maximum atomic E-state index is 12.7. The standard InChI is InChI=1S/C22H27N3O2/c1-18(26)23-21-10-8-19(9-11-21)16-22(27)25-13-5-12-24(14-15-25)17-20-6-3-2-4-7-20/h2-4,6-11H,5,12-17H2,1H3,(H,23,26). The number of carbonyl (C=O) groups is 2. The van der Waals surface area contributed by atoms with E-state index in [0.717, 1.165) is 50.4 Å². The van der Waals surface area contributed by atoms with E-state index >= 15 is 0 Å². The zero-order valence-electron chi connectivity index (χ0n) is 15.9. The number of nitrogens with zero attached hydrogens (tertiary/aromatic N) is 2. The molecule has 2 amide bonds. The summed E-state index contributed by atoms with van der Waals surface area (Å²) in [5.41, 5.74) is 3.04. The second-order valence-corrected chi connectivity index (χ2v) is 7.05. The first-order valence-electron chi connectivity index (χ1n) is 9.51. The molecule has 0 bridgehead atoms. The van der Waals surface area contributed by atoms with Crippen molar-refractivity contribution in [3.05, 3.63) is 65.7 Å². The highest BCUT2D eigenvalue weighted by atomic mass is 16.2. The average Bonchev–Trinajstić information content (AvgIpc) is 2.89. The van der Waals surface area contributed by atoms with Crippen LogP contribution in [0.5, 0.6) is 0 Å². The monoisotopic (exact) mass is 365 g/mol. The van der Waals surface area contributed by atoms with Gasteiger partial charge in [-0.3, -0.25) is 14.5 Å². The molecule has 1 aliphatic heterocycles. The van der Waals surface area contributed by atoms with Crippen LogP contribution in [0.25, 0.3) is 0 Å². The number of rotatable bonds is 5. The number of nitrogens with one attached hydrogen (secondary N) is 1. The molecule has 0 atom stereocenters. The summed E-state index contributed by atoms with van der Waals surface area (Å²) in [5.74, 6) is 0.0762. The van der Waals surface area contributed by atoms with Gasteiger partial charge in [0.1, 0.15) is 0 Å². The quantitative estimate of drug-likeness (QED) is 0.886. The van der Waals surface area contributed by atoms with Crippen molar-refractivity contribution < 1.29 is 9.59 Å². The Morgan fingerprint density at radius 1 is 0.889 bits per heavy atom. The molecule has 0 aromatic heterocycles. The largest absolute Gasteiger partial charge is 0.341 e. The lowest BCUT2D eigenvalue weighted by molar-refractivity contribution is -0.130. The van der Waals surface area contributed by atoms with Gasteiger partial charge in [-0.15, -0.1) is 0 Å². The van der Waals surface area contributed by atoms with Gasteiger partial charge in [-0.05, 0) is 29.7 Å². The topological polar surface area (TPSA) is 52.7 Å². The van der Waals surface area contributed by atoms with Gasteiger partial charge in [-0.25, -0.2) is 0 Å². The summed E-state index contributed by atoms with van der Waals surface area (Å²) in [6.07, 6.45) is 1.40. The molecular formula is C22H27N3O2. The molecule has 0 aliphatic carbocycles. The zero-order chi connectivity index (χ0) is 19.1. The van der Waals surface area contributed by atoms with Crippen LogP contribution >= 0.6 is 0 Å². The fourth-order valence-corrected chi connectivity index (χ4v) is 3.42. The molecule has 0 spiro atoms. The molecule has 0 saturated carbocycles. The van der Waals surface area contributed by atoms with Gasteiger partial charge in [-0.2, -0.15) is 0 Å². The maximum absolute atomic E-state index is 12.7. The van der Waals surface area contributed by atoms with Crippen molar-refractivity contribution >= 4 is 17.5 Å². The molecule has 3 rings (SSSR count). The third-order valence-corrected chi connectivity index (χ3v) is 4.82. The molecule has 142 valence electrons. The second kappa shape index (κ2) is 9.33. The minimum Gasteiger partial charge on any atom is -0.341 e. The van der Waals surface area contributed by atoms with Crippen LogP contribution in [0.15, 0.2) is 54.6 Å². The van der Waals surface area contributed by atoms with Crippen molar-refractivity contribution in [2.45, 2.75) is 26.3 Å². The van der Waals surface area contributed by atoms with Crippen LogP contribution in [0.4, 0.5) is 5.69 Å². The predicted octanol–water partition coefficient (Wildman–Crippen LogP) is 2.92. The van der Waals surface area contributed by atoms with E-state index in [0.29, 0.717) is 6.42 Å². The lowest BCUT2D eigenvalue weighted by atomic mass is 10.1. The normalized spacial score (nSPS) is 15.2. The van der Waals surface area contributed by atoms with Gasteiger partial charge in [0, 0.05) is 45.3 Å². The van der Waals surface area contributed by atoms with Crippen molar-refractivity contribution in [1.29, 1.82) is 0 Å². The molecule has 27 heavy (non-hydrogen) atoms. The van der Waals surface area contributed by atoms with Gasteiger partial charge in [0.05, 0.1) is 6.42 Å². The molecule has 5 heteroatoms. The minimum atomic E-state index is -0.0940. The van der Waals surface area contributed by atoms with Crippen LogP contribution in [0.3, 0.4) is 0 Å². The zero-order valence-corrected chi connectivity index (χ0v) is 15.9. The van der Waals surface area contributed by atoms with E-state index in [1.807, 2.05) is 35.2 Å². The Kier molecular flexibility index (Phi) is 6.60. The highest BCUT2D eigenvalue weighted by molar-refractivity contribution is 5.88. The maximum Gasteiger partial charge on any atom is 0.227 e. The molecule has 2 aromatic rings. The Morgan fingerprint density at radius 3 is 2.33 bits per heavy atom. The van der Waals surface area contributed by atoms with Gasteiger partial charge in [0.2, 0.25) is 11.8 Å². The Morgan fingerprint density at radius 2 is 1.63 bits per heavy atom. The first kappa shape index (κ1) is 19.1. The van der Waals surface area contributed by atoms with Crippen LogP contribution in [0.2, 0.25) is 0 Å². The number of amides is 2. The van der Waals surface area contributed by atoms with Crippen LogP contribution < -0.4 is 5.32 Å². The van der Waals surface area contributed by atoms with E-state index in [4.69, 9.17) is 0 Å². The van der Waals surface area contributed by atoms with E-state index in [-0.39, 0.29) is 11.8 Å². The van der Waals surface area contributed by atoms with E-state index in [1.54, 1.807) is 0 Å². The van der Waals surface area contributed by atoms with Crippen LogP contribution in [0.1, 0.15) is 24.5 Å². The minimum absolute atomic E-state index is 0.0940. The smallest absolute Gasteiger partial charge is 0.227 e. The highest BCUT2D eigenvalue weighted by Crippen LogP contribution is 2.13. The van der Waals surface area contributed by atoms with Crippen molar-refractivity contribution in [1.82, 2.24) is 9.80 Å². The molecule has 1 N–H and O–H groups in total. The number of anilines is 1. The fourth-order valence-electron chi connectivity index (χ4n) is 3.42. The molecule has 0 unspecified atom stereocenters. The third kappa shape index (κ3) is 5.93. The second-order valence-electron chi connectivity index (χ2n) is 7.05. The number of benzene rings is 2. The number of carbonyl (C=O) groups excluding carboxylic acids is 2. The summed E-state index contributed by atoms with van der Waals surface area (Å²) >= 11 is 0. The Labute approximate surface area is 161 Å². The lowest BCUT2D eigenvalue weighted by Crippen LogP contribution is -2.36. The SMILES string of the molecule is CC(=O)Nc1ccc(CC(=O)N2CCCN(Cc3ccccc3)CC2)cc1. The van der Waals surface area contributed by atoms with Gasteiger partial charge >= 0.3 is 0 Å². The first-order valence-corrected chi connectivity index (χ1v) is 9.51. The van der Waals surface area contributed by atoms with Crippen LogP contribution in [-0.4, -0.2) is 47.8 Å². The van der Waals surface area contributed by atoms with Gasteiger partial charge in [0.15, 0.2) is 0 Å². The van der Waals surface area contributed by atoms with E-state index in [1.165, 1.54) is 12.5 Å². The molecule has 0 radical (unpaired) electrons. The molecule has 1 fully saturated rings. The van der Waals surface area contributed by atoms with Crippen molar-refractivity contribution in [3.63, 3.8) is 0 Å². The molecule has 1 heterocycles. The van der Waals surface area contributed by atoms with Gasteiger partial charge < -0.3 is 10.2 Å². The molecule has 5 nitrogen and oxygen atoms in total. The van der Waals surface area contributed by atoms with E-state index in [9.17, 15) is 9.59 Å². The highest BCUT2D eigenvalue weighted by Gasteiger charge is 2.19. The van der Waals surface area contributed by atoms with E-state index < -0.39 is 0 Å². The summed E-state index contributed by atoms with van der Waals surface area (Å²) in [6.45, 7) is 5.93. The fraction of sp³-hybridized carbons (Fsp3) is 0.364. The van der Waals surface area contributed by atoms with Gasteiger partial charge in [0.25, 0.3) is 0 Å². The van der Waals surface area contributed by atoms with Crippen molar-refractivity contribution in [2.75, 3.05) is 31.5 Å². The number of hydrogen-bond donors (Lipinski definition) is 1. The molecule has 1 aliphatic rings. The van der Waals surface area contributed by atoms with Crippen LogP contribution in [-0.2, 0) is 22.6 Å². The number of hydrogen-bond acceptors (Lipinski definition) is 3. The summed E-state index contributed by atoms with van der Waals surface area (Å²) in [6, 6.07) is 18.0. The Balaban J connectivity index is 1.51. The van der Waals surface area contributed by atoms with Crippen molar-refractivity contribution in [3.8, 4) is 0 Å². The lowest BCUT2D eigenvalue weighted by Gasteiger charge is -2.22. The molecular weight excluding hydrogens is 338 g/mol. The Bertz CT molecular complexity index is 759. The summed E-state index contributed by atoms with van der Waals surface area (Å²) in [7, 11) is 0. The van der Waals surface area contributed by atoms with Crippen molar-refractivity contribution in [2.24, 2.45) is 0 Å². The molecule has 2 aromatic carbocycles. The Hall–Kier alpha value is -2.66. The average molecular weight is 365 g/mol. The summed E-state index contributed by atoms with van der Waals surface area (Å²) in [4.78, 5) is 28.2. The van der Waals surface area contributed by atoms with E-state index in [2.05, 4.69) is 34.5 Å². The van der Waals surface area contributed by atoms with Crippen LogP contribution in [0, 0.1) is 0 Å². The summed E-state index contributed by atoms with van der Waals surface area (Å²) < 4.78 is 0. The molecule has 1 saturated heterocycles.